The zero-order valence-corrected chi connectivity index (χ0v) is 12.1. The lowest BCUT2D eigenvalue weighted by Crippen LogP contribution is -2.16. The molecular formula is C15H18BrN. The molecule has 2 aromatic carbocycles. The van der Waals surface area contributed by atoms with Gasteiger partial charge in [-0.05, 0) is 39.4 Å². The van der Waals surface area contributed by atoms with Gasteiger partial charge in [-0.2, -0.15) is 0 Å². The van der Waals surface area contributed by atoms with E-state index in [1.165, 1.54) is 21.9 Å². The van der Waals surface area contributed by atoms with Crippen molar-refractivity contribution in [3.05, 3.63) is 45.9 Å². The molecule has 2 N–H and O–H groups in total. The number of hydrogen-bond acceptors (Lipinski definition) is 1. The summed E-state index contributed by atoms with van der Waals surface area (Å²) in [6.45, 7) is 7.31. The largest absolute Gasteiger partial charge is 0.326 e. The topological polar surface area (TPSA) is 26.0 Å². The number of rotatable bonds is 1. The van der Waals surface area contributed by atoms with E-state index in [2.05, 4.69) is 67.0 Å². The van der Waals surface area contributed by atoms with Gasteiger partial charge in [0.25, 0.3) is 0 Å². The van der Waals surface area contributed by atoms with Crippen molar-refractivity contribution in [3.63, 3.8) is 0 Å². The van der Waals surface area contributed by atoms with Gasteiger partial charge in [0.1, 0.15) is 0 Å². The quantitative estimate of drug-likeness (QED) is 0.830. The maximum absolute atomic E-state index is 5.86. The van der Waals surface area contributed by atoms with Crippen molar-refractivity contribution in [2.45, 2.75) is 32.7 Å². The van der Waals surface area contributed by atoms with Crippen LogP contribution in [0.3, 0.4) is 0 Å². The van der Waals surface area contributed by atoms with Gasteiger partial charge in [-0.25, -0.2) is 0 Å². The summed E-state index contributed by atoms with van der Waals surface area (Å²) in [5, 5.41) is 2.57. The summed E-state index contributed by atoms with van der Waals surface area (Å²) in [6.07, 6.45) is 0. The Kier molecular flexibility index (Phi) is 3.28. The second-order valence-corrected chi connectivity index (χ2v) is 6.33. The molecule has 0 spiro atoms. The van der Waals surface area contributed by atoms with Crippen LogP contribution in [0.5, 0.6) is 0 Å². The van der Waals surface area contributed by atoms with Crippen LogP contribution >= 0.6 is 15.9 Å². The number of benzene rings is 2. The molecule has 0 aliphatic heterocycles. The van der Waals surface area contributed by atoms with E-state index in [0.717, 1.165) is 4.47 Å². The molecule has 0 aromatic heterocycles. The van der Waals surface area contributed by atoms with Crippen molar-refractivity contribution in [1.82, 2.24) is 0 Å². The highest BCUT2D eigenvalue weighted by Gasteiger charge is 2.20. The zero-order valence-electron chi connectivity index (χ0n) is 10.5. The molecule has 2 aromatic rings. The fourth-order valence-corrected chi connectivity index (χ4v) is 2.75. The van der Waals surface area contributed by atoms with E-state index in [4.69, 9.17) is 5.73 Å². The van der Waals surface area contributed by atoms with Crippen LogP contribution in [0.25, 0.3) is 10.8 Å². The smallest absolute Gasteiger partial charge is 0.0181 e. The Balaban J connectivity index is 2.87. The number of fused-ring (bicyclic) bond motifs is 1. The molecule has 0 fully saturated rings. The Morgan fingerprint density at radius 1 is 1.12 bits per heavy atom. The first-order valence-corrected chi connectivity index (χ1v) is 6.64. The summed E-state index contributed by atoms with van der Waals surface area (Å²) in [7, 11) is 0. The number of nitrogens with two attached hydrogens (primary N) is 1. The lowest BCUT2D eigenvalue weighted by atomic mass is 9.80. The third-order valence-electron chi connectivity index (χ3n) is 3.04. The van der Waals surface area contributed by atoms with E-state index in [1.54, 1.807) is 0 Å². The Morgan fingerprint density at radius 2 is 1.76 bits per heavy atom. The van der Waals surface area contributed by atoms with Gasteiger partial charge in [-0.3, -0.25) is 0 Å². The molecule has 2 heteroatoms. The predicted octanol–water partition coefficient (Wildman–Crippen LogP) is 4.36. The standard InChI is InChI=1S/C15H18BrN/c1-15(2,3)14-11(9-17)5-4-10-6-7-12(16)8-13(10)14/h4-8H,9,17H2,1-3H3. The molecule has 2 rings (SSSR count). The van der Waals surface area contributed by atoms with Crippen molar-refractivity contribution in [2.24, 2.45) is 5.73 Å². The van der Waals surface area contributed by atoms with Crippen LogP contribution in [0.15, 0.2) is 34.8 Å². The van der Waals surface area contributed by atoms with Gasteiger partial charge in [0.05, 0.1) is 0 Å². The van der Waals surface area contributed by atoms with Crippen molar-refractivity contribution < 1.29 is 0 Å². The minimum Gasteiger partial charge on any atom is -0.326 e. The van der Waals surface area contributed by atoms with Crippen LogP contribution < -0.4 is 5.73 Å². The molecule has 0 bridgehead atoms. The van der Waals surface area contributed by atoms with E-state index >= 15 is 0 Å². The highest BCUT2D eigenvalue weighted by molar-refractivity contribution is 9.10. The van der Waals surface area contributed by atoms with Gasteiger partial charge >= 0.3 is 0 Å². The van der Waals surface area contributed by atoms with Crippen LogP contribution in [0.4, 0.5) is 0 Å². The summed E-state index contributed by atoms with van der Waals surface area (Å²) in [6, 6.07) is 10.7. The zero-order chi connectivity index (χ0) is 12.6. The average Bonchev–Trinajstić information content (AvgIpc) is 2.25. The van der Waals surface area contributed by atoms with E-state index in [-0.39, 0.29) is 5.41 Å². The average molecular weight is 292 g/mol. The molecule has 17 heavy (non-hydrogen) atoms. The van der Waals surface area contributed by atoms with Gasteiger partial charge in [0.2, 0.25) is 0 Å². The van der Waals surface area contributed by atoms with Gasteiger partial charge in [0, 0.05) is 11.0 Å². The lowest BCUT2D eigenvalue weighted by molar-refractivity contribution is 0.588. The van der Waals surface area contributed by atoms with Crippen LogP contribution in [-0.2, 0) is 12.0 Å². The molecular weight excluding hydrogens is 274 g/mol. The Morgan fingerprint density at radius 3 is 2.35 bits per heavy atom. The van der Waals surface area contributed by atoms with Crippen LogP contribution in [0.1, 0.15) is 31.9 Å². The third kappa shape index (κ3) is 2.38. The maximum Gasteiger partial charge on any atom is 0.0181 e. The summed E-state index contributed by atoms with van der Waals surface area (Å²) in [5.74, 6) is 0. The van der Waals surface area contributed by atoms with Gasteiger partial charge in [-0.1, -0.05) is 54.9 Å². The fraction of sp³-hybridized carbons (Fsp3) is 0.333. The molecule has 0 unspecified atom stereocenters. The molecule has 0 amide bonds. The normalized spacial score (nSPS) is 12.1. The second kappa shape index (κ2) is 4.43. The number of hydrogen-bond donors (Lipinski definition) is 1. The van der Waals surface area contributed by atoms with Crippen LogP contribution in [0.2, 0.25) is 0 Å². The molecule has 0 saturated carbocycles. The van der Waals surface area contributed by atoms with Gasteiger partial charge in [-0.15, -0.1) is 0 Å². The molecule has 1 nitrogen and oxygen atoms in total. The second-order valence-electron chi connectivity index (χ2n) is 5.42. The first-order valence-electron chi connectivity index (χ1n) is 5.85. The van der Waals surface area contributed by atoms with Crippen molar-refractivity contribution in [1.29, 1.82) is 0 Å². The van der Waals surface area contributed by atoms with Gasteiger partial charge in [0.15, 0.2) is 0 Å². The van der Waals surface area contributed by atoms with Crippen molar-refractivity contribution >= 4 is 26.7 Å². The van der Waals surface area contributed by atoms with Gasteiger partial charge < -0.3 is 5.73 Å². The molecule has 0 heterocycles. The highest BCUT2D eigenvalue weighted by atomic mass is 79.9. The first kappa shape index (κ1) is 12.6. The molecule has 0 saturated heterocycles. The summed E-state index contributed by atoms with van der Waals surface area (Å²) in [4.78, 5) is 0. The molecule has 0 atom stereocenters. The molecule has 0 aliphatic rings. The summed E-state index contributed by atoms with van der Waals surface area (Å²) < 4.78 is 1.12. The molecule has 0 aliphatic carbocycles. The maximum atomic E-state index is 5.86. The van der Waals surface area contributed by atoms with E-state index in [0.29, 0.717) is 6.54 Å². The molecule has 0 radical (unpaired) electrons. The van der Waals surface area contributed by atoms with Crippen LogP contribution in [-0.4, -0.2) is 0 Å². The SMILES string of the molecule is CC(C)(C)c1c(CN)ccc2ccc(Br)cc12. The predicted molar refractivity (Wildman–Crippen MR) is 78.2 cm³/mol. The molecule has 90 valence electrons. The fourth-order valence-electron chi connectivity index (χ4n) is 2.39. The van der Waals surface area contributed by atoms with E-state index < -0.39 is 0 Å². The van der Waals surface area contributed by atoms with Crippen molar-refractivity contribution in [2.75, 3.05) is 0 Å². The van der Waals surface area contributed by atoms with Crippen molar-refractivity contribution in [3.8, 4) is 0 Å². The summed E-state index contributed by atoms with van der Waals surface area (Å²) >= 11 is 3.55. The Hall–Kier alpha value is -0.860. The monoisotopic (exact) mass is 291 g/mol. The van der Waals surface area contributed by atoms with E-state index in [1.807, 2.05) is 0 Å². The number of halogens is 1. The van der Waals surface area contributed by atoms with Crippen LogP contribution in [0, 0.1) is 0 Å². The minimum atomic E-state index is 0.106. The Labute approximate surface area is 111 Å². The summed E-state index contributed by atoms with van der Waals surface area (Å²) in [5.41, 5.74) is 8.57. The first-order chi connectivity index (χ1) is 7.93. The third-order valence-corrected chi connectivity index (χ3v) is 3.53. The lowest BCUT2D eigenvalue weighted by Gasteiger charge is -2.25. The minimum absolute atomic E-state index is 0.106. The highest BCUT2D eigenvalue weighted by Crippen LogP contribution is 2.34. The van der Waals surface area contributed by atoms with E-state index in [9.17, 15) is 0 Å². The Bertz CT molecular complexity index is 553.